The van der Waals surface area contributed by atoms with E-state index in [4.69, 9.17) is 0 Å². The summed E-state index contributed by atoms with van der Waals surface area (Å²) in [5.74, 6) is 0.0879. The normalized spacial score (nSPS) is 18.8. The molecule has 2 atom stereocenters. The number of aromatic nitrogens is 4. The van der Waals surface area contributed by atoms with E-state index in [1.54, 1.807) is 42.3 Å². The van der Waals surface area contributed by atoms with Gasteiger partial charge in [-0.3, -0.25) is 4.98 Å². The van der Waals surface area contributed by atoms with Gasteiger partial charge < -0.3 is 9.88 Å². The molecule has 0 saturated carbocycles. The molecule has 174 valence electrons. The molecule has 1 saturated heterocycles. The van der Waals surface area contributed by atoms with Crippen molar-refractivity contribution in [2.75, 3.05) is 18.4 Å². The summed E-state index contributed by atoms with van der Waals surface area (Å²) >= 11 is 0. The molecule has 0 spiro atoms. The number of nitrogens with zero attached hydrogens (tertiary/aromatic N) is 5. The van der Waals surface area contributed by atoms with Crippen LogP contribution in [0.15, 0.2) is 84.7 Å². The van der Waals surface area contributed by atoms with Gasteiger partial charge in [0.1, 0.15) is 11.6 Å². The van der Waals surface area contributed by atoms with Gasteiger partial charge in [0, 0.05) is 56.9 Å². The Morgan fingerprint density at radius 3 is 2.41 bits per heavy atom. The van der Waals surface area contributed by atoms with Crippen molar-refractivity contribution in [3.63, 3.8) is 0 Å². The fourth-order valence-corrected chi connectivity index (χ4v) is 5.69. The van der Waals surface area contributed by atoms with E-state index in [2.05, 4.69) is 20.3 Å². The molecule has 1 aliphatic rings. The van der Waals surface area contributed by atoms with Crippen LogP contribution in [0.1, 0.15) is 11.5 Å². The zero-order valence-corrected chi connectivity index (χ0v) is 19.2. The van der Waals surface area contributed by atoms with Gasteiger partial charge in [-0.2, -0.15) is 4.31 Å². The standard InChI is InChI=1S/C24H23FN6O2S/c1-30-15-24(28-16-30)34(32,33)31-13-21(18-2-4-20(25)5-3-18)22(14-31)29-23-12-19(8-11-27-23)17-6-9-26-10-7-17/h2-12,15-16,21-22H,13-14H2,1H3,(H,27,29)/t21-,22+/m1/s1. The maximum Gasteiger partial charge on any atom is 0.262 e. The number of imidazole rings is 1. The summed E-state index contributed by atoms with van der Waals surface area (Å²) in [5.41, 5.74) is 2.82. The summed E-state index contributed by atoms with van der Waals surface area (Å²) in [7, 11) is -2.06. The lowest BCUT2D eigenvalue weighted by atomic mass is 9.94. The molecule has 1 aliphatic heterocycles. The lowest BCUT2D eigenvalue weighted by molar-refractivity contribution is 0.468. The number of rotatable bonds is 6. The molecule has 0 unspecified atom stereocenters. The highest BCUT2D eigenvalue weighted by atomic mass is 32.2. The first kappa shape index (κ1) is 22.2. The predicted molar refractivity (Wildman–Crippen MR) is 126 cm³/mol. The van der Waals surface area contributed by atoms with E-state index in [0.717, 1.165) is 16.7 Å². The average Bonchev–Trinajstić information content (AvgIpc) is 3.48. The first-order valence-corrected chi connectivity index (χ1v) is 12.2. The van der Waals surface area contributed by atoms with Gasteiger partial charge in [-0.15, -0.1) is 0 Å². The van der Waals surface area contributed by atoms with Gasteiger partial charge in [-0.1, -0.05) is 12.1 Å². The van der Waals surface area contributed by atoms with Crippen LogP contribution in [0.4, 0.5) is 10.2 Å². The van der Waals surface area contributed by atoms with Crippen LogP contribution in [0, 0.1) is 5.82 Å². The summed E-state index contributed by atoms with van der Waals surface area (Å²) in [6.45, 7) is 0.467. The van der Waals surface area contributed by atoms with Gasteiger partial charge in [0.05, 0.1) is 6.33 Å². The first-order chi connectivity index (χ1) is 16.4. The number of anilines is 1. The van der Waals surface area contributed by atoms with Crippen LogP contribution in [0.3, 0.4) is 0 Å². The molecule has 1 N–H and O–H groups in total. The van der Waals surface area contributed by atoms with E-state index in [-0.39, 0.29) is 35.9 Å². The molecule has 34 heavy (non-hydrogen) atoms. The number of benzene rings is 1. The molecule has 4 heterocycles. The largest absolute Gasteiger partial charge is 0.365 e. The monoisotopic (exact) mass is 478 g/mol. The van der Waals surface area contributed by atoms with Crippen LogP contribution in [-0.2, 0) is 17.1 Å². The zero-order valence-electron chi connectivity index (χ0n) is 18.4. The zero-order chi connectivity index (χ0) is 23.7. The van der Waals surface area contributed by atoms with Crippen LogP contribution in [0.5, 0.6) is 0 Å². The summed E-state index contributed by atoms with van der Waals surface area (Å²) in [5, 5.41) is 3.43. The quantitative estimate of drug-likeness (QED) is 0.457. The van der Waals surface area contributed by atoms with Crippen LogP contribution in [0.2, 0.25) is 0 Å². The van der Waals surface area contributed by atoms with Crippen molar-refractivity contribution in [1.29, 1.82) is 0 Å². The Labute approximate surface area is 197 Å². The molecular weight excluding hydrogens is 455 g/mol. The second kappa shape index (κ2) is 8.96. The van der Waals surface area contributed by atoms with Gasteiger partial charge in [-0.05, 0) is 53.1 Å². The van der Waals surface area contributed by atoms with Crippen LogP contribution in [0.25, 0.3) is 11.1 Å². The van der Waals surface area contributed by atoms with E-state index in [1.165, 1.54) is 29.0 Å². The van der Waals surface area contributed by atoms with Gasteiger partial charge >= 0.3 is 0 Å². The van der Waals surface area contributed by atoms with Crippen LogP contribution >= 0.6 is 0 Å². The summed E-state index contributed by atoms with van der Waals surface area (Å²) < 4.78 is 43.1. The van der Waals surface area contributed by atoms with Crippen LogP contribution < -0.4 is 5.32 Å². The Morgan fingerprint density at radius 2 is 1.71 bits per heavy atom. The lowest BCUT2D eigenvalue weighted by Crippen LogP contribution is -2.32. The number of sulfonamides is 1. The third-order valence-corrected chi connectivity index (χ3v) is 7.69. The maximum atomic E-state index is 13.6. The molecule has 1 fully saturated rings. The summed E-state index contributed by atoms with van der Waals surface area (Å²) in [6.07, 6.45) is 8.12. The number of pyridine rings is 2. The number of hydrogen-bond donors (Lipinski definition) is 1. The molecule has 0 bridgehead atoms. The van der Waals surface area contributed by atoms with Crippen molar-refractivity contribution in [2.24, 2.45) is 7.05 Å². The molecule has 5 rings (SSSR count). The third kappa shape index (κ3) is 4.42. The molecule has 3 aromatic heterocycles. The SMILES string of the molecule is Cn1cnc(S(=O)(=O)N2C[C@H](Nc3cc(-c4ccncc4)ccn3)[C@@H](c3ccc(F)cc3)C2)c1. The molecule has 10 heteroatoms. The topological polar surface area (TPSA) is 93.0 Å². The number of aryl methyl sites for hydroxylation is 1. The summed E-state index contributed by atoms with van der Waals surface area (Å²) in [4.78, 5) is 12.5. The van der Waals surface area contributed by atoms with Crippen molar-refractivity contribution >= 4 is 15.8 Å². The van der Waals surface area contributed by atoms with E-state index in [9.17, 15) is 12.8 Å². The second-order valence-electron chi connectivity index (χ2n) is 8.27. The summed E-state index contributed by atoms with van der Waals surface area (Å²) in [6, 6.07) is 13.6. The fourth-order valence-electron chi connectivity index (χ4n) is 4.24. The highest BCUT2D eigenvalue weighted by Crippen LogP contribution is 2.33. The van der Waals surface area contributed by atoms with Crippen LogP contribution in [-0.4, -0.2) is 51.4 Å². The van der Waals surface area contributed by atoms with E-state index >= 15 is 0 Å². The Kier molecular flexibility index (Phi) is 5.84. The van der Waals surface area contributed by atoms with Gasteiger partial charge in [0.2, 0.25) is 0 Å². The highest BCUT2D eigenvalue weighted by molar-refractivity contribution is 7.89. The van der Waals surface area contributed by atoms with Gasteiger partial charge in [0.15, 0.2) is 5.03 Å². The van der Waals surface area contributed by atoms with Crippen molar-refractivity contribution in [3.05, 3.63) is 91.0 Å². The van der Waals surface area contributed by atoms with E-state index in [0.29, 0.717) is 5.82 Å². The maximum absolute atomic E-state index is 13.6. The molecule has 0 aliphatic carbocycles. The first-order valence-electron chi connectivity index (χ1n) is 10.8. The smallest absolute Gasteiger partial charge is 0.262 e. The minimum atomic E-state index is -3.78. The number of halogens is 1. The number of nitrogens with one attached hydrogen (secondary N) is 1. The highest BCUT2D eigenvalue weighted by Gasteiger charge is 2.41. The minimum absolute atomic E-state index is 0.00585. The lowest BCUT2D eigenvalue weighted by Gasteiger charge is -2.21. The molecular formula is C24H23FN6O2S. The van der Waals surface area contributed by atoms with Gasteiger partial charge in [0.25, 0.3) is 10.0 Å². The van der Waals surface area contributed by atoms with Crippen molar-refractivity contribution in [2.45, 2.75) is 17.0 Å². The minimum Gasteiger partial charge on any atom is -0.365 e. The Hall–Kier alpha value is -3.63. The average molecular weight is 479 g/mol. The Bertz CT molecular complexity index is 1390. The predicted octanol–water partition coefficient (Wildman–Crippen LogP) is 3.29. The molecule has 8 nitrogen and oxygen atoms in total. The molecule has 0 radical (unpaired) electrons. The van der Waals surface area contributed by atoms with Crippen molar-refractivity contribution in [1.82, 2.24) is 23.8 Å². The molecule has 0 amide bonds. The van der Waals surface area contributed by atoms with E-state index in [1.807, 2.05) is 24.3 Å². The Morgan fingerprint density at radius 1 is 0.971 bits per heavy atom. The fraction of sp³-hybridized carbons (Fsp3) is 0.208. The Balaban J connectivity index is 1.46. The van der Waals surface area contributed by atoms with Crippen molar-refractivity contribution < 1.29 is 12.8 Å². The van der Waals surface area contributed by atoms with Gasteiger partial charge in [-0.25, -0.2) is 22.8 Å². The van der Waals surface area contributed by atoms with Crippen molar-refractivity contribution in [3.8, 4) is 11.1 Å². The second-order valence-corrected chi connectivity index (χ2v) is 10.2. The molecule has 1 aromatic carbocycles. The molecule has 4 aromatic rings. The number of hydrogen-bond acceptors (Lipinski definition) is 6. The third-order valence-electron chi connectivity index (χ3n) is 5.98. The van der Waals surface area contributed by atoms with E-state index < -0.39 is 10.0 Å².